The zero-order chi connectivity index (χ0) is 19.1. The molecule has 0 spiro atoms. The van der Waals surface area contributed by atoms with E-state index in [-0.39, 0.29) is 11.2 Å². The molecule has 4 rings (SSSR count). The number of amides is 1. The van der Waals surface area contributed by atoms with Crippen molar-refractivity contribution in [2.24, 2.45) is 0 Å². The molecule has 0 saturated heterocycles. The molecule has 1 aliphatic rings. The lowest BCUT2D eigenvalue weighted by atomic mass is 10.2. The lowest BCUT2D eigenvalue weighted by Gasteiger charge is -2.08. The van der Waals surface area contributed by atoms with Crippen molar-refractivity contribution in [2.75, 3.05) is 5.32 Å². The second-order valence-corrected chi connectivity index (χ2v) is 8.52. The van der Waals surface area contributed by atoms with Crippen molar-refractivity contribution >= 4 is 49.1 Å². The average molecular weight is 450 g/mol. The Kier molecular flexibility index (Phi) is 4.86. The topological polar surface area (TPSA) is 64.0 Å². The van der Waals surface area contributed by atoms with Crippen LogP contribution in [0.2, 0.25) is 0 Å². The first-order valence-electron chi connectivity index (χ1n) is 8.75. The summed E-state index contributed by atoms with van der Waals surface area (Å²) in [6.07, 6.45) is 3.83. The van der Waals surface area contributed by atoms with Gasteiger partial charge in [0.05, 0.1) is 16.0 Å². The molecule has 1 aromatic carbocycles. The minimum atomic E-state index is -0.526. The number of carbonyl (C=O) groups excluding carboxylic acids is 1. The fraction of sp³-hybridized carbons (Fsp3) is 0.316. The van der Waals surface area contributed by atoms with Crippen LogP contribution >= 0.6 is 27.3 Å². The fourth-order valence-electron chi connectivity index (χ4n) is 3.40. The maximum absolute atomic E-state index is 14.0. The van der Waals surface area contributed by atoms with Gasteiger partial charge in [-0.15, -0.1) is 11.3 Å². The number of thiophene rings is 1. The number of carbonyl (C=O) groups is 1. The summed E-state index contributed by atoms with van der Waals surface area (Å²) in [6, 6.07) is 4.44. The lowest BCUT2D eigenvalue weighted by molar-refractivity contribution is 0.102. The van der Waals surface area contributed by atoms with Crippen LogP contribution in [0.5, 0.6) is 0 Å². The van der Waals surface area contributed by atoms with Crippen LogP contribution in [-0.4, -0.2) is 15.5 Å². The van der Waals surface area contributed by atoms with Crippen LogP contribution in [0.25, 0.3) is 10.2 Å². The first-order valence-corrected chi connectivity index (χ1v) is 10.4. The Bertz CT molecular complexity index is 1120. The number of aryl methyl sites for hydroxylation is 2. The van der Waals surface area contributed by atoms with Gasteiger partial charge < -0.3 is 5.32 Å². The van der Waals surface area contributed by atoms with Crippen molar-refractivity contribution in [1.29, 1.82) is 0 Å². The first-order chi connectivity index (χ1) is 13.0. The van der Waals surface area contributed by atoms with E-state index in [9.17, 15) is 14.0 Å². The number of fused-ring (bicyclic) bond motifs is 2. The van der Waals surface area contributed by atoms with Gasteiger partial charge in [-0.25, -0.2) is 9.37 Å². The van der Waals surface area contributed by atoms with Gasteiger partial charge in [-0.05, 0) is 43.5 Å². The van der Waals surface area contributed by atoms with Crippen LogP contribution in [0.1, 0.15) is 40.3 Å². The summed E-state index contributed by atoms with van der Waals surface area (Å²) in [4.78, 5) is 31.3. The predicted molar refractivity (Wildman–Crippen MR) is 108 cm³/mol. The third-order valence-corrected chi connectivity index (χ3v) is 6.47. The Hall–Kier alpha value is -2.06. The minimum Gasteiger partial charge on any atom is -0.319 e. The highest BCUT2D eigenvalue weighted by molar-refractivity contribution is 9.10. The standard InChI is InChI=1S/C19H17BrFN3O2S/c1-10-15-18(23-14-5-3-2-4-8-24(14)19(15)26)27-16(10)17(25)22-13-7-6-11(20)9-12(13)21/h6-7,9H,2-5,8H2,1H3,(H,22,25). The molecule has 1 amide bonds. The molecule has 2 aromatic heterocycles. The summed E-state index contributed by atoms with van der Waals surface area (Å²) in [7, 11) is 0. The van der Waals surface area contributed by atoms with Gasteiger partial charge in [-0.3, -0.25) is 14.2 Å². The summed E-state index contributed by atoms with van der Waals surface area (Å²) < 4.78 is 16.4. The molecule has 3 heterocycles. The molecule has 5 nitrogen and oxygen atoms in total. The van der Waals surface area contributed by atoms with E-state index in [0.717, 1.165) is 31.5 Å². The van der Waals surface area contributed by atoms with Crippen LogP contribution in [0, 0.1) is 12.7 Å². The maximum atomic E-state index is 14.0. The summed E-state index contributed by atoms with van der Waals surface area (Å²) in [5.74, 6) is -0.171. The molecule has 0 fully saturated rings. The van der Waals surface area contributed by atoms with Gasteiger partial charge >= 0.3 is 0 Å². The molecule has 0 atom stereocenters. The molecule has 1 aliphatic heterocycles. The molecular formula is C19H17BrFN3O2S. The number of benzene rings is 1. The number of hydrogen-bond donors (Lipinski definition) is 1. The number of nitrogens with one attached hydrogen (secondary N) is 1. The first kappa shape index (κ1) is 18.3. The second kappa shape index (κ2) is 7.16. The number of aromatic nitrogens is 2. The number of halogens is 2. The highest BCUT2D eigenvalue weighted by atomic mass is 79.9. The maximum Gasteiger partial charge on any atom is 0.266 e. The Morgan fingerprint density at radius 3 is 2.93 bits per heavy atom. The van der Waals surface area contributed by atoms with Crippen molar-refractivity contribution in [3.63, 3.8) is 0 Å². The quantitative estimate of drug-likeness (QED) is 0.619. The van der Waals surface area contributed by atoms with E-state index in [1.807, 2.05) is 0 Å². The van der Waals surface area contributed by atoms with Crippen LogP contribution in [0.3, 0.4) is 0 Å². The highest BCUT2D eigenvalue weighted by Crippen LogP contribution is 2.29. The summed E-state index contributed by atoms with van der Waals surface area (Å²) in [5.41, 5.74) is 0.613. The molecule has 0 aliphatic carbocycles. The van der Waals surface area contributed by atoms with Gasteiger partial charge in [0.15, 0.2) is 0 Å². The molecular weight excluding hydrogens is 433 g/mol. The number of hydrogen-bond acceptors (Lipinski definition) is 4. The summed E-state index contributed by atoms with van der Waals surface area (Å²) in [5, 5.41) is 3.09. The van der Waals surface area contributed by atoms with E-state index in [2.05, 4.69) is 26.2 Å². The van der Waals surface area contributed by atoms with E-state index in [4.69, 9.17) is 0 Å². The van der Waals surface area contributed by atoms with Crippen LogP contribution < -0.4 is 10.9 Å². The van der Waals surface area contributed by atoms with Gasteiger partial charge in [0, 0.05) is 17.4 Å². The number of rotatable bonds is 2. The molecule has 0 radical (unpaired) electrons. The Balaban J connectivity index is 1.76. The van der Waals surface area contributed by atoms with E-state index >= 15 is 0 Å². The van der Waals surface area contributed by atoms with Crippen molar-refractivity contribution < 1.29 is 9.18 Å². The summed E-state index contributed by atoms with van der Waals surface area (Å²) in [6.45, 7) is 2.41. The van der Waals surface area contributed by atoms with Gasteiger partial charge in [0.1, 0.15) is 16.5 Å². The Labute approximate surface area is 167 Å². The molecule has 1 N–H and O–H groups in total. The molecule has 140 valence electrons. The van der Waals surface area contributed by atoms with Gasteiger partial charge in [0.25, 0.3) is 11.5 Å². The minimum absolute atomic E-state index is 0.0838. The molecule has 0 unspecified atom stereocenters. The van der Waals surface area contributed by atoms with Gasteiger partial charge in [0.2, 0.25) is 0 Å². The molecule has 8 heteroatoms. The van der Waals surface area contributed by atoms with E-state index in [0.29, 0.717) is 31.7 Å². The van der Waals surface area contributed by atoms with Crippen molar-refractivity contribution in [3.8, 4) is 0 Å². The van der Waals surface area contributed by atoms with Crippen LogP contribution in [0.15, 0.2) is 27.5 Å². The SMILES string of the molecule is Cc1c(C(=O)Nc2ccc(Br)cc2F)sc2nc3n(c(=O)c12)CCCCC3. The van der Waals surface area contributed by atoms with Crippen molar-refractivity contribution in [2.45, 2.75) is 39.2 Å². The second-order valence-electron chi connectivity index (χ2n) is 6.61. The Morgan fingerprint density at radius 1 is 1.33 bits per heavy atom. The van der Waals surface area contributed by atoms with Crippen LogP contribution in [0.4, 0.5) is 10.1 Å². The Morgan fingerprint density at radius 2 is 2.15 bits per heavy atom. The predicted octanol–water partition coefficient (Wildman–Crippen LogP) is 4.65. The number of nitrogens with zero attached hydrogens (tertiary/aromatic N) is 2. The third kappa shape index (κ3) is 3.32. The molecule has 3 aromatic rings. The van der Waals surface area contributed by atoms with E-state index in [1.165, 1.54) is 23.5 Å². The fourth-order valence-corrected chi connectivity index (χ4v) is 4.82. The largest absolute Gasteiger partial charge is 0.319 e. The molecule has 0 saturated carbocycles. The average Bonchev–Trinajstić information content (AvgIpc) is 2.79. The molecule has 27 heavy (non-hydrogen) atoms. The van der Waals surface area contributed by atoms with Crippen LogP contribution in [-0.2, 0) is 13.0 Å². The van der Waals surface area contributed by atoms with Gasteiger partial charge in [-0.1, -0.05) is 22.4 Å². The normalized spacial score (nSPS) is 14.0. The highest BCUT2D eigenvalue weighted by Gasteiger charge is 2.22. The zero-order valence-corrected chi connectivity index (χ0v) is 17.0. The zero-order valence-electron chi connectivity index (χ0n) is 14.6. The lowest BCUT2D eigenvalue weighted by Crippen LogP contribution is -2.24. The smallest absolute Gasteiger partial charge is 0.266 e. The monoisotopic (exact) mass is 449 g/mol. The van der Waals surface area contributed by atoms with Crippen molar-refractivity contribution in [1.82, 2.24) is 9.55 Å². The van der Waals surface area contributed by atoms with Crippen molar-refractivity contribution in [3.05, 3.63) is 55.1 Å². The third-order valence-electron chi connectivity index (χ3n) is 4.80. The van der Waals surface area contributed by atoms with Gasteiger partial charge in [-0.2, -0.15) is 0 Å². The van der Waals surface area contributed by atoms with E-state index in [1.54, 1.807) is 17.6 Å². The number of anilines is 1. The molecule has 0 bridgehead atoms. The summed E-state index contributed by atoms with van der Waals surface area (Å²) >= 11 is 4.38. The van der Waals surface area contributed by atoms with E-state index < -0.39 is 11.7 Å².